The van der Waals surface area contributed by atoms with Gasteiger partial charge in [-0.2, -0.15) is 0 Å². The van der Waals surface area contributed by atoms with E-state index in [1.54, 1.807) is 18.2 Å². The van der Waals surface area contributed by atoms with E-state index in [0.717, 1.165) is 13.1 Å². The highest BCUT2D eigenvalue weighted by Gasteiger charge is 2.20. The molecule has 2 aliphatic rings. The van der Waals surface area contributed by atoms with Gasteiger partial charge in [-0.25, -0.2) is 0 Å². The van der Waals surface area contributed by atoms with Gasteiger partial charge < -0.3 is 24.6 Å². The Morgan fingerprint density at radius 3 is 2.38 bits per heavy atom. The second-order valence-electron chi connectivity index (χ2n) is 7.22. The van der Waals surface area contributed by atoms with E-state index in [9.17, 15) is 9.59 Å². The Kier molecular flexibility index (Phi) is 5.55. The minimum Gasteiger partial charge on any atom is -0.486 e. The molecule has 0 aromatic heterocycles. The third kappa shape index (κ3) is 4.45. The van der Waals surface area contributed by atoms with Gasteiger partial charge in [0.2, 0.25) is 11.8 Å². The quantitative estimate of drug-likeness (QED) is 0.843. The van der Waals surface area contributed by atoms with Crippen LogP contribution < -0.4 is 24.6 Å². The number of amides is 2. The molecule has 4 rings (SSSR count). The van der Waals surface area contributed by atoms with Gasteiger partial charge in [-0.1, -0.05) is 0 Å². The van der Waals surface area contributed by atoms with Gasteiger partial charge in [0.1, 0.15) is 19.8 Å². The molecule has 0 aliphatic carbocycles. The van der Waals surface area contributed by atoms with Crippen LogP contribution in [-0.2, 0) is 9.59 Å². The van der Waals surface area contributed by atoms with Crippen molar-refractivity contribution < 1.29 is 19.1 Å². The third-order valence-electron chi connectivity index (χ3n) is 5.14. The van der Waals surface area contributed by atoms with Crippen molar-refractivity contribution in [2.45, 2.75) is 19.8 Å². The molecule has 0 radical (unpaired) electrons. The molecule has 0 bridgehead atoms. The largest absolute Gasteiger partial charge is 0.486 e. The van der Waals surface area contributed by atoms with Crippen LogP contribution in [0, 0.1) is 0 Å². The summed E-state index contributed by atoms with van der Waals surface area (Å²) in [4.78, 5) is 28.5. The molecule has 0 spiro atoms. The molecule has 2 aromatic rings. The number of anilines is 3. The first kappa shape index (κ1) is 19.1. The van der Waals surface area contributed by atoms with Crippen molar-refractivity contribution in [1.29, 1.82) is 0 Å². The van der Waals surface area contributed by atoms with Crippen molar-refractivity contribution in [2.75, 3.05) is 48.0 Å². The number of ether oxygens (including phenoxy) is 2. The predicted octanol–water partition coefficient (Wildman–Crippen LogP) is 3.05. The van der Waals surface area contributed by atoms with Crippen molar-refractivity contribution in [2.24, 2.45) is 0 Å². The van der Waals surface area contributed by atoms with Crippen LogP contribution in [-0.4, -0.2) is 44.7 Å². The summed E-state index contributed by atoms with van der Waals surface area (Å²) in [6, 6.07) is 13.1. The van der Waals surface area contributed by atoms with Crippen molar-refractivity contribution in [3.05, 3.63) is 42.5 Å². The highest BCUT2D eigenvalue weighted by Crippen LogP contribution is 2.34. The number of fused-ring (bicyclic) bond motifs is 1. The molecule has 1 fully saturated rings. The summed E-state index contributed by atoms with van der Waals surface area (Å²) in [5.74, 6) is 0.745. The number of nitrogens with one attached hydrogen (secondary N) is 1. The zero-order chi connectivity index (χ0) is 20.2. The molecule has 29 heavy (non-hydrogen) atoms. The number of carbonyl (C=O) groups is 2. The van der Waals surface area contributed by atoms with Crippen molar-refractivity contribution in [3.63, 3.8) is 0 Å². The fourth-order valence-electron chi connectivity index (χ4n) is 3.66. The van der Waals surface area contributed by atoms with Crippen molar-refractivity contribution in [1.82, 2.24) is 0 Å². The Balaban J connectivity index is 1.42. The van der Waals surface area contributed by atoms with E-state index in [0.29, 0.717) is 36.1 Å². The van der Waals surface area contributed by atoms with E-state index in [4.69, 9.17) is 9.47 Å². The first-order valence-corrected chi connectivity index (χ1v) is 9.93. The van der Waals surface area contributed by atoms with Crippen LogP contribution in [0.15, 0.2) is 42.5 Å². The topological polar surface area (TPSA) is 71.1 Å². The van der Waals surface area contributed by atoms with E-state index in [1.165, 1.54) is 30.4 Å². The summed E-state index contributed by atoms with van der Waals surface area (Å²) >= 11 is 0. The summed E-state index contributed by atoms with van der Waals surface area (Å²) in [5.41, 5.74) is 2.48. The molecular weight excluding hydrogens is 370 g/mol. The SMILES string of the molecule is CC(=O)N(CC(=O)Nc1ccc(N2CCCC2)cc1)c1ccc2c(c1)OCCO2. The lowest BCUT2D eigenvalue weighted by Crippen LogP contribution is -2.36. The smallest absolute Gasteiger partial charge is 0.244 e. The Morgan fingerprint density at radius 2 is 1.69 bits per heavy atom. The standard InChI is InChI=1S/C22H25N3O4/c1-16(26)25(19-8-9-20-21(14-19)29-13-12-28-20)15-22(27)23-17-4-6-18(7-5-17)24-10-2-3-11-24/h4-9,14H,2-3,10-13,15H2,1H3,(H,23,27). The van der Waals surface area contributed by atoms with E-state index in [1.807, 2.05) is 24.3 Å². The summed E-state index contributed by atoms with van der Waals surface area (Å²) in [6.07, 6.45) is 2.44. The Labute approximate surface area is 170 Å². The fraction of sp³-hybridized carbons (Fsp3) is 0.364. The monoisotopic (exact) mass is 395 g/mol. The molecule has 7 heteroatoms. The van der Waals surface area contributed by atoms with Gasteiger partial charge in [0, 0.05) is 43.1 Å². The maximum atomic E-state index is 12.6. The van der Waals surface area contributed by atoms with Crippen LogP contribution in [0.2, 0.25) is 0 Å². The van der Waals surface area contributed by atoms with Crippen LogP contribution in [0.25, 0.3) is 0 Å². The van der Waals surface area contributed by atoms with Crippen molar-refractivity contribution in [3.8, 4) is 11.5 Å². The molecule has 2 aliphatic heterocycles. The lowest BCUT2D eigenvalue weighted by Gasteiger charge is -2.24. The molecule has 0 unspecified atom stereocenters. The molecule has 1 saturated heterocycles. The summed E-state index contributed by atoms with van der Waals surface area (Å²) in [5, 5.41) is 2.87. The maximum Gasteiger partial charge on any atom is 0.244 e. The van der Waals surface area contributed by atoms with E-state index in [-0.39, 0.29) is 18.4 Å². The molecule has 2 amide bonds. The lowest BCUT2D eigenvalue weighted by atomic mass is 10.2. The van der Waals surface area contributed by atoms with Gasteiger partial charge in [-0.05, 0) is 49.2 Å². The van der Waals surface area contributed by atoms with Crippen molar-refractivity contribution >= 4 is 28.9 Å². The molecule has 152 valence electrons. The second kappa shape index (κ2) is 8.43. The van der Waals surface area contributed by atoms with Gasteiger partial charge in [0.05, 0.1) is 0 Å². The fourth-order valence-corrected chi connectivity index (χ4v) is 3.66. The minimum absolute atomic E-state index is 0.0805. The molecule has 1 N–H and O–H groups in total. The number of nitrogens with zero attached hydrogens (tertiary/aromatic N) is 2. The normalized spacial score (nSPS) is 15.1. The van der Waals surface area contributed by atoms with Gasteiger partial charge in [0.15, 0.2) is 11.5 Å². The number of rotatable bonds is 5. The Bertz CT molecular complexity index is 891. The first-order chi connectivity index (χ1) is 14.1. The average molecular weight is 395 g/mol. The lowest BCUT2D eigenvalue weighted by molar-refractivity contribution is -0.120. The minimum atomic E-state index is -0.260. The number of benzene rings is 2. The highest BCUT2D eigenvalue weighted by atomic mass is 16.6. The van der Waals surface area contributed by atoms with Crippen LogP contribution in [0.5, 0.6) is 11.5 Å². The molecule has 0 saturated carbocycles. The van der Waals surface area contributed by atoms with Gasteiger partial charge in [-0.3, -0.25) is 9.59 Å². The Morgan fingerprint density at radius 1 is 1.00 bits per heavy atom. The summed E-state index contributed by atoms with van der Waals surface area (Å²) in [6.45, 7) is 4.48. The zero-order valence-electron chi connectivity index (χ0n) is 16.5. The number of hydrogen-bond donors (Lipinski definition) is 1. The zero-order valence-corrected chi connectivity index (χ0v) is 16.5. The Hall–Kier alpha value is -3.22. The number of carbonyl (C=O) groups excluding carboxylic acids is 2. The summed E-state index contributed by atoms with van der Waals surface area (Å²) < 4.78 is 11.1. The van der Waals surface area contributed by atoms with Gasteiger partial charge in [-0.15, -0.1) is 0 Å². The van der Waals surface area contributed by atoms with Crippen LogP contribution in [0.1, 0.15) is 19.8 Å². The van der Waals surface area contributed by atoms with Gasteiger partial charge in [0.25, 0.3) is 0 Å². The molecule has 2 heterocycles. The molecular formula is C22H25N3O4. The van der Waals surface area contributed by atoms with Gasteiger partial charge >= 0.3 is 0 Å². The first-order valence-electron chi connectivity index (χ1n) is 9.93. The predicted molar refractivity (Wildman–Crippen MR) is 112 cm³/mol. The summed E-state index contributed by atoms with van der Waals surface area (Å²) in [7, 11) is 0. The second-order valence-corrected chi connectivity index (χ2v) is 7.22. The number of hydrogen-bond acceptors (Lipinski definition) is 5. The van der Waals surface area contributed by atoms with Crippen LogP contribution >= 0.6 is 0 Å². The van der Waals surface area contributed by atoms with Crippen LogP contribution in [0.3, 0.4) is 0 Å². The molecule has 2 aromatic carbocycles. The van der Waals surface area contributed by atoms with E-state index >= 15 is 0 Å². The van der Waals surface area contributed by atoms with Crippen LogP contribution in [0.4, 0.5) is 17.1 Å². The molecule has 7 nitrogen and oxygen atoms in total. The van der Waals surface area contributed by atoms with E-state index in [2.05, 4.69) is 10.2 Å². The van der Waals surface area contributed by atoms with E-state index < -0.39 is 0 Å². The highest BCUT2D eigenvalue weighted by molar-refractivity contribution is 6.02. The third-order valence-corrected chi connectivity index (χ3v) is 5.14. The molecule has 0 atom stereocenters. The average Bonchev–Trinajstić information content (AvgIpc) is 3.27. The maximum absolute atomic E-state index is 12.6.